The van der Waals surface area contributed by atoms with Gasteiger partial charge in [-0.2, -0.15) is 0 Å². The first kappa shape index (κ1) is 11.4. The van der Waals surface area contributed by atoms with E-state index in [0.29, 0.717) is 5.41 Å². The first-order valence-corrected chi connectivity index (χ1v) is 6.51. The number of hydrogen-bond donors (Lipinski definition) is 1. The van der Waals surface area contributed by atoms with Crippen molar-refractivity contribution in [2.24, 2.45) is 11.1 Å². The zero-order valence-electron chi connectivity index (χ0n) is 10.4. The minimum Gasteiger partial charge on any atom is -0.325 e. The highest BCUT2D eigenvalue weighted by atomic mass is 15.2. The summed E-state index contributed by atoms with van der Waals surface area (Å²) in [5.74, 6) is 0. The molecule has 2 N–H and O–H groups in total. The molecule has 0 aromatic heterocycles. The van der Waals surface area contributed by atoms with Crippen molar-refractivity contribution >= 4 is 0 Å². The Labute approximate surface area is 94.2 Å². The van der Waals surface area contributed by atoms with Gasteiger partial charge in [-0.05, 0) is 44.2 Å². The van der Waals surface area contributed by atoms with E-state index in [9.17, 15) is 0 Å². The second-order valence-electron chi connectivity index (χ2n) is 6.51. The molecule has 2 aliphatic rings. The van der Waals surface area contributed by atoms with Gasteiger partial charge in [0.05, 0.1) is 0 Å². The van der Waals surface area contributed by atoms with Gasteiger partial charge in [-0.3, -0.25) is 0 Å². The van der Waals surface area contributed by atoms with Gasteiger partial charge >= 0.3 is 0 Å². The van der Waals surface area contributed by atoms with Crippen molar-refractivity contribution < 1.29 is 0 Å². The maximum atomic E-state index is 6.38. The fraction of sp³-hybridized carbons (Fsp3) is 1.00. The van der Waals surface area contributed by atoms with Gasteiger partial charge < -0.3 is 10.6 Å². The van der Waals surface area contributed by atoms with Crippen LogP contribution in [0.4, 0.5) is 0 Å². The van der Waals surface area contributed by atoms with Crippen LogP contribution in [0.15, 0.2) is 0 Å². The van der Waals surface area contributed by atoms with Gasteiger partial charge in [0.2, 0.25) is 0 Å². The molecular weight excluding hydrogens is 184 g/mol. The Balaban J connectivity index is 1.74. The van der Waals surface area contributed by atoms with Crippen LogP contribution < -0.4 is 5.73 Å². The summed E-state index contributed by atoms with van der Waals surface area (Å²) in [6.07, 6.45) is 7.77. The third-order valence-electron chi connectivity index (χ3n) is 4.28. The molecule has 2 heteroatoms. The van der Waals surface area contributed by atoms with Crippen LogP contribution in [0.3, 0.4) is 0 Å². The van der Waals surface area contributed by atoms with Crippen LogP contribution in [0.25, 0.3) is 0 Å². The maximum absolute atomic E-state index is 6.38. The van der Waals surface area contributed by atoms with E-state index in [1.165, 1.54) is 58.2 Å². The molecule has 2 rings (SSSR count). The van der Waals surface area contributed by atoms with Crippen molar-refractivity contribution in [3.05, 3.63) is 0 Å². The molecule has 0 aromatic rings. The highest BCUT2D eigenvalue weighted by Crippen LogP contribution is 2.32. The monoisotopic (exact) mass is 210 g/mol. The van der Waals surface area contributed by atoms with E-state index in [0.717, 1.165) is 0 Å². The Bertz CT molecular complexity index is 217. The molecule has 0 aromatic carbocycles. The minimum absolute atomic E-state index is 0.187. The summed E-state index contributed by atoms with van der Waals surface area (Å²) < 4.78 is 0. The van der Waals surface area contributed by atoms with Gasteiger partial charge in [0, 0.05) is 12.1 Å². The van der Waals surface area contributed by atoms with Gasteiger partial charge in [-0.25, -0.2) is 0 Å². The lowest BCUT2D eigenvalue weighted by molar-refractivity contribution is 0.255. The Morgan fingerprint density at radius 2 is 1.80 bits per heavy atom. The Kier molecular flexibility index (Phi) is 3.09. The predicted octanol–water partition coefficient (Wildman–Crippen LogP) is 2.38. The molecule has 1 aliphatic heterocycles. The predicted molar refractivity (Wildman–Crippen MR) is 64.8 cm³/mol. The highest BCUT2D eigenvalue weighted by Gasteiger charge is 2.33. The first-order chi connectivity index (χ1) is 6.99. The maximum Gasteiger partial charge on any atom is 0.0166 e. The van der Waals surface area contributed by atoms with Gasteiger partial charge in [-0.15, -0.1) is 0 Å². The van der Waals surface area contributed by atoms with E-state index in [4.69, 9.17) is 5.73 Å². The molecule has 0 unspecified atom stereocenters. The van der Waals surface area contributed by atoms with Gasteiger partial charge in [-0.1, -0.05) is 26.7 Å². The molecule has 15 heavy (non-hydrogen) atoms. The molecular formula is C13H26N2. The van der Waals surface area contributed by atoms with Crippen molar-refractivity contribution in [3.63, 3.8) is 0 Å². The van der Waals surface area contributed by atoms with Crippen LogP contribution in [0.1, 0.15) is 52.4 Å². The van der Waals surface area contributed by atoms with Crippen LogP contribution in [-0.4, -0.2) is 30.1 Å². The van der Waals surface area contributed by atoms with Crippen molar-refractivity contribution in [2.75, 3.05) is 19.6 Å². The zero-order chi connectivity index (χ0) is 10.9. The third kappa shape index (κ3) is 2.94. The number of nitrogens with zero attached hydrogens (tertiary/aromatic N) is 1. The molecule has 0 spiro atoms. The molecule has 0 atom stereocenters. The fourth-order valence-electron chi connectivity index (χ4n) is 3.12. The molecule has 1 aliphatic carbocycles. The van der Waals surface area contributed by atoms with Crippen molar-refractivity contribution in [2.45, 2.75) is 57.9 Å². The summed E-state index contributed by atoms with van der Waals surface area (Å²) in [5, 5.41) is 0. The summed E-state index contributed by atoms with van der Waals surface area (Å²) in [7, 11) is 0. The smallest absolute Gasteiger partial charge is 0.0166 e. The van der Waals surface area contributed by atoms with E-state index < -0.39 is 0 Å². The van der Waals surface area contributed by atoms with Gasteiger partial charge in [0.15, 0.2) is 0 Å². The topological polar surface area (TPSA) is 29.3 Å². The lowest BCUT2D eigenvalue weighted by Crippen LogP contribution is -2.40. The molecule has 88 valence electrons. The van der Waals surface area contributed by atoms with Gasteiger partial charge in [0.1, 0.15) is 0 Å². The first-order valence-electron chi connectivity index (χ1n) is 6.51. The largest absolute Gasteiger partial charge is 0.325 e. The fourth-order valence-corrected chi connectivity index (χ4v) is 3.12. The van der Waals surface area contributed by atoms with Crippen LogP contribution in [-0.2, 0) is 0 Å². The second kappa shape index (κ2) is 4.06. The SMILES string of the molecule is CC1(C)CCN(CCC2(N)CCCC2)C1. The summed E-state index contributed by atoms with van der Waals surface area (Å²) in [4.78, 5) is 2.60. The lowest BCUT2D eigenvalue weighted by atomic mass is 9.93. The van der Waals surface area contributed by atoms with E-state index in [1.807, 2.05) is 0 Å². The highest BCUT2D eigenvalue weighted by molar-refractivity contribution is 4.91. The number of nitrogens with two attached hydrogens (primary N) is 1. The van der Waals surface area contributed by atoms with Crippen molar-refractivity contribution in [3.8, 4) is 0 Å². The van der Waals surface area contributed by atoms with Crippen molar-refractivity contribution in [1.29, 1.82) is 0 Å². The molecule has 2 nitrogen and oxygen atoms in total. The number of rotatable bonds is 3. The average Bonchev–Trinajstić information content (AvgIpc) is 2.70. The van der Waals surface area contributed by atoms with E-state index >= 15 is 0 Å². The van der Waals surface area contributed by atoms with E-state index in [1.54, 1.807) is 0 Å². The van der Waals surface area contributed by atoms with Crippen LogP contribution in [0, 0.1) is 5.41 Å². The normalized spacial score (nSPS) is 29.8. The number of hydrogen-bond acceptors (Lipinski definition) is 2. The molecule has 0 radical (unpaired) electrons. The lowest BCUT2D eigenvalue weighted by Gasteiger charge is -2.27. The van der Waals surface area contributed by atoms with E-state index in [2.05, 4.69) is 18.7 Å². The molecule has 2 fully saturated rings. The zero-order valence-corrected chi connectivity index (χ0v) is 10.4. The van der Waals surface area contributed by atoms with Crippen LogP contribution in [0.2, 0.25) is 0 Å². The quantitative estimate of drug-likeness (QED) is 0.775. The van der Waals surface area contributed by atoms with Crippen molar-refractivity contribution in [1.82, 2.24) is 4.90 Å². The van der Waals surface area contributed by atoms with Crippen LogP contribution >= 0.6 is 0 Å². The Hall–Kier alpha value is -0.0800. The second-order valence-corrected chi connectivity index (χ2v) is 6.51. The Morgan fingerprint density at radius 1 is 1.13 bits per heavy atom. The number of likely N-dealkylation sites (tertiary alicyclic amines) is 1. The Morgan fingerprint density at radius 3 is 2.33 bits per heavy atom. The van der Waals surface area contributed by atoms with E-state index in [-0.39, 0.29) is 5.54 Å². The molecule has 1 saturated carbocycles. The standard InChI is InChI=1S/C13H26N2/c1-12(2)7-9-15(11-12)10-8-13(14)5-3-4-6-13/h3-11,14H2,1-2H3. The minimum atomic E-state index is 0.187. The molecule has 1 heterocycles. The molecule has 1 saturated heterocycles. The van der Waals surface area contributed by atoms with Gasteiger partial charge in [0.25, 0.3) is 0 Å². The summed E-state index contributed by atoms with van der Waals surface area (Å²) in [5.41, 5.74) is 7.10. The summed E-state index contributed by atoms with van der Waals surface area (Å²) >= 11 is 0. The van der Waals surface area contributed by atoms with Crippen LogP contribution in [0.5, 0.6) is 0 Å². The summed E-state index contributed by atoms with van der Waals surface area (Å²) in [6.45, 7) is 8.52. The summed E-state index contributed by atoms with van der Waals surface area (Å²) in [6, 6.07) is 0. The third-order valence-corrected chi connectivity index (χ3v) is 4.28. The molecule has 0 amide bonds. The molecule has 0 bridgehead atoms. The average molecular weight is 210 g/mol.